The first-order chi connectivity index (χ1) is 18.0. The van der Waals surface area contributed by atoms with Crippen LogP contribution in [0.1, 0.15) is 68.2 Å². The van der Waals surface area contributed by atoms with E-state index in [9.17, 15) is 23.6 Å². The SMILES string of the molecule is Cc1oc2nc1C(=O)N[C@H](C)C(=O)NCCCC[C@H](NC(=O)COc1ccc(F)cc1)C(=O)N[C@H]2C(C)C. The van der Waals surface area contributed by atoms with Crippen molar-refractivity contribution in [2.24, 2.45) is 5.92 Å². The molecule has 11 nitrogen and oxygen atoms in total. The number of carbonyl (C=O) groups is 4. The predicted octanol–water partition coefficient (Wildman–Crippen LogP) is 1.92. The molecule has 1 aromatic carbocycles. The third-order valence-electron chi connectivity index (χ3n) is 6.05. The highest BCUT2D eigenvalue weighted by atomic mass is 19.1. The Morgan fingerprint density at radius 1 is 1.16 bits per heavy atom. The monoisotopic (exact) mass is 531 g/mol. The van der Waals surface area contributed by atoms with Gasteiger partial charge in [-0.2, -0.15) is 0 Å². The lowest BCUT2D eigenvalue weighted by Crippen LogP contribution is -2.49. The van der Waals surface area contributed by atoms with Gasteiger partial charge in [0.25, 0.3) is 11.8 Å². The van der Waals surface area contributed by atoms with Crippen LogP contribution in [-0.4, -0.2) is 53.8 Å². The molecule has 2 heterocycles. The molecule has 206 valence electrons. The van der Waals surface area contributed by atoms with Crippen LogP contribution >= 0.6 is 0 Å². The molecule has 0 spiro atoms. The molecule has 0 fully saturated rings. The number of aryl methyl sites for hydroxylation is 1. The number of halogens is 1. The molecular formula is C26H34FN5O6. The molecule has 3 atom stereocenters. The Kier molecular flexibility index (Phi) is 9.80. The minimum absolute atomic E-state index is 0.0226. The largest absolute Gasteiger partial charge is 0.484 e. The van der Waals surface area contributed by atoms with Gasteiger partial charge >= 0.3 is 0 Å². The summed E-state index contributed by atoms with van der Waals surface area (Å²) in [5.41, 5.74) is 0.0226. The number of hydrogen-bond acceptors (Lipinski definition) is 7. The number of carbonyl (C=O) groups excluding carboxylic acids is 4. The standard InChI is InChI=1S/C26H34FN5O6/c1-14(2)21-26-32-22(16(4)38-26)25(36)29-15(3)23(34)28-12-6-5-7-19(24(35)31-21)30-20(33)13-37-18-10-8-17(27)9-11-18/h8-11,14-15,19,21H,5-7,12-13H2,1-4H3,(H,28,34)(H,29,36)(H,30,33)(H,31,35)/t15-,19+,21+/m1/s1. The number of aromatic nitrogens is 1. The van der Waals surface area contributed by atoms with Crippen LogP contribution in [0.5, 0.6) is 5.75 Å². The van der Waals surface area contributed by atoms with Crippen LogP contribution in [0, 0.1) is 18.7 Å². The van der Waals surface area contributed by atoms with E-state index < -0.39 is 41.7 Å². The van der Waals surface area contributed by atoms with E-state index in [0.717, 1.165) is 0 Å². The molecule has 0 aliphatic carbocycles. The predicted molar refractivity (Wildman–Crippen MR) is 135 cm³/mol. The van der Waals surface area contributed by atoms with Crippen LogP contribution in [0.25, 0.3) is 0 Å². The maximum atomic E-state index is 13.3. The topological polar surface area (TPSA) is 152 Å². The Balaban J connectivity index is 1.78. The number of nitrogens with one attached hydrogen (secondary N) is 4. The Labute approximate surface area is 220 Å². The summed E-state index contributed by atoms with van der Waals surface area (Å²) in [5, 5.41) is 11.0. The number of hydrogen-bond donors (Lipinski definition) is 4. The highest BCUT2D eigenvalue weighted by Gasteiger charge is 2.31. The first-order valence-electron chi connectivity index (χ1n) is 12.6. The summed E-state index contributed by atoms with van der Waals surface area (Å²) in [5.74, 6) is -1.78. The van der Waals surface area contributed by atoms with E-state index in [1.165, 1.54) is 24.3 Å². The minimum atomic E-state index is -0.901. The molecule has 4 N–H and O–H groups in total. The van der Waals surface area contributed by atoms with E-state index >= 15 is 0 Å². The molecule has 0 radical (unpaired) electrons. The third-order valence-corrected chi connectivity index (χ3v) is 6.05. The zero-order valence-electron chi connectivity index (χ0n) is 21.9. The van der Waals surface area contributed by atoms with Gasteiger partial charge in [-0.15, -0.1) is 0 Å². The molecule has 0 saturated heterocycles. The first kappa shape index (κ1) is 28.6. The molecule has 38 heavy (non-hydrogen) atoms. The summed E-state index contributed by atoms with van der Waals surface area (Å²) >= 11 is 0. The molecule has 1 aliphatic rings. The summed E-state index contributed by atoms with van der Waals surface area (Å²) in [6, 6.07) is 2.87. The van der Waals surface area contributed by atoms with Crippen molar-refractivity contribution in [1.82, 2.24) is 26.3 Å². The molecule has 4 amide bonds. The third kappa shape index (κ3) is 7.77. The Hall–Kier alpha value is -3.96. The van der Waals surface area contributed by atoms with Crippen molar-refractivity contribution in [3.8, 4) is 5.75 Å². The number of amides is 4. The van der Waals surface area contributed by atoms with Crippen LogP contribution in [0.15, 0.2) is 28.7 Å². The quantitative estimate of drug-likeness (QED) is 0.460. The number of oxazole rings is 1. The van der Waals surface area contributed by atoms with Gasteiger partial charge in [-0.3, -0.25) is 19.2 Å². The maximum Gasteiger partial charge on any atom is 0.274 e. The van der Waals surface area contributed by atoms with Crippen LogP contribution in [0.4, 0.5) is 4.39 Å². The minimum Gasteiger partial charge on any atom is -0.484 e. The fraction of sp³-hybridized carbons (Fsp3) is 0.500. The molecule has 2 aromatic rings. The van der Waals surface area contributed by atoms with Crippen molar-refractivity contribution in [2.45, 2.75) is 65.1 Å². The lowest BCUT2D eigenvalue weighted by molar-refractivity contribution is -0.130. The van der Waals surface area contributed by atoms with E-state index in [4.69, 9.17) is 9.15 Å². The number of nitrogens with zero attached hydrogens (tertiary/aromatic N) is 1. The maximum absolute atomic E-state index is 13.3. The second kappa shape index (κ2) is 13.0. The van der Waals surface area contributed by atoms with Crippen molar-refractivity contribution >= 4 is 23.6 Å². The summed E-state index contributed by atoms with van der Waals surface area (Å²) in [6.07, 6.45) is 1.37. The van der Waals surface area contributed by atoms with E-state index in [2.05, 4.69) is 26.3 Å². The van der Waals surface area contributed by atoms with Gasteiger partial charge < -0.3 is 30.4 Å². The lowest BCUT2D eigenvalue weighted by Gasteiger charge is -2.24. The molecule has 1 aromatic heterocycles. The highest BCUT2D eigenvalue weighted by Crippen LogP contribution is 2.24. The second-order valence-electron chi connectivity index (χ2n) is 9.53. The zero-order chi connectivity index (χ0) is 27.8. The van der Waals surface area contributed by atoms with Crippen molar-refractivity contribution in [2.75, 3.05) is 13.2 Å². The van der Waals surface area contributed by atoms with Crippen LogP contribution in [0.3, 0.4) is 0 Å². The van der Waals surface area contributed by atoms with Gasteiger partial charge in [-0.25, -0.2) is 9.37 Å². The van der Waals surface area contributed by atoms with Crippen molar-refractivity contribution in [3.63, 3.8) is 0 Å². The van der Waals surface area contributed by atoms with E-state index in [-0.39, 0.29) is 35.8 Å². The average molecular weight is 532 g/mol. The van der Waals surface area contributed by atoms with Crippen molar-refractivity contribution in [1.29, 1.82) is 0 Å². The summed E-state index contributed by atoms with van der Waals surface area (Å²) < 4.78 is 24.2. The number of fused-ring (bicyclic) bond motifs is 2. The summed E-state index contributed by atoms with van der Waals surface area (Å²) in [7, 11) is 0. The van der Waals surface area contributed by atoms with Crippen LogP contribution in [0.2, 0.25) is 0 Å². The number of rotatable bonds is 5. The van der Waals surface area contributed by atoms with Crippen LogP contribution in [-0.2, 0) is 14.4 Å². The van der Waals surface area contributed by atoms with Gasteiger partial charge in [0.2, 0.25) is 17.7 Å². The highest BCUT2D eigenvalue weighted by molar-refractivity contribution is 5.96. The fourth-order valence-corrected chi connectivity index (χ4v) is 3.88. The van der Waals surface area contributed by atoms with Crippen molar-refractivity contribution in [3.05, 3.63) is 47.4 Å². The van der Waals surface area contributed by atoms with Gasteiger partial charge in [0.15, 0.2) is 12.3 Å². The van der Waals surface area contributed by atoms with Crippen molar-refractivity contribution < 1.29 is 32.7 Å². The van der Waals surface area contributed by atoms with E-state index in [0.29, 0.717) is 31.6 Å². The number of benzene rings is 1. The second-order valence-corrected chi connectivity index (χ2v) is 9.53. The first-order valence-corrected chi connectivity index (χ1v) is 12.6. The molecular weight excluding hydrogens is 497 g/mol. The smallest absolute Gasteiger partial charge is 0.274 e. The normalized spacial score (nSPS) is 21.3. The zero-order valence-corrected chi connectivity index (χ0v) is 21.9. The Morgan fingerprint density at radius 3 is 2.55 bits per heavy atom. The molecule has 0 saturated carbocycles. The summed E-state index contributed by atoms with van der Waals surface area (Å²) in [6.45, 7) is 6.83. The van der Waals surface area contributed by atoms with Gasteiger partial charge in [-0.05, 0) is 63.3 Å². The molecule has 3 rings (SSSR count). The Morgan fingerprint density at radius 2 is 1.87 bits per heavy atom. The lowest BCUT2D eigenvalue weighted by atomic mass is 10.0. The average Bonchev–Trinajstić information content (AvgIpc) is 3.26. The molecule has 2 bridgehead atoms. The molecule has 0 unspecified atom stereocenters. The van der Waals surface area contributed by atoms with E-state index in [1.54, 1.807) is 13.8 Å². The Bertz CT molecular complexity index is 1150. The fourth-order valence-electron chi connectivity index (χ4n) is 3.88. The van der Waals surface area contributed by atoms with Gasteiger partial charge in [0.05, 0.1) is 0 Å². The molecule has 1 aliphatic heterocycles. The number of ether oxygens (including phenoxy) is 1. The van der Waals surface area contributed by atoms with Crippen LogP contribution < -0.4 is 26.0 Å². The van der Waals surface area contributed by atoms with E-state index in [1.807, 2.05) is 13.8 Å². The molecule has 12 heteroatoms. The van der Waals surface area contributed by atoms with Gasteiger partial charge in [-0.1, -0.05) is 13.8 Å². The summed E-state index contributed by atoms with van der Waals surface area (Å²) in [4.78, 5) is 55.3. The van der Waals surface area contributed by atoms with Gasteiger partial charge in [0.1, 0.15) is 35.5 Å². The van der Waals surface area contributed by atoms with Gasteiger partial charge in [0, 0.05) is 6.54 Å².